The minimum Gasteiger partial charge on any atom is -0.206 e. The first-order chi connectivity index (χ1) is 15.1. The predicted molar refractivity (Wildman–Crippen MR) is 130 cm³/mol. The molecule has 4 aromatic carbocycles. The van der Waals surface area contributed by atoms with Crippen LogP contribution in [-0.2, 0) is 19.3 Å². The fourth-order valence-electron chi connectivity index (χ4n) is 3.98. The van der Waals surface area contributed by atoms with E-state index in [9.17, 15) is 4.39 Å². The van der Waals surface area contributed by atoms with Gasteiger partial charge in [0.1, 0.15) is 5.82 Å². The van der Waals surface area contributed by atoms with E-state index in [2.05, 4.69) is 74.5 Å². The predicted octanol–water partition coefficient (Wildman–Crippen LogP) is 8.21. The smallest absolute Gasteiger partial charge is 0.131 e. The Balaban J connectivity index is 1.45. The first kappa shape index (κ1) is 21.1. The number of hydrogen-bond acceptors (Lipinski definition) is 0. The quantitative estimate of drug-likeness (QED) is 0.289. The Morgan fingerprint density at radius 3 is 1.58 bits per heavy atom. The molecule has 0 fully saturated rings. The Kier molecular flexibility index (Phi) is 6.62. The van der Waals surface area contributed by atoms with Crippen molar-refractivity contribution in [1.82, 2.24) is 0 Å². The van der Waals surface area contributed by atoms with Crippen LogP contribution in [0.2, 0.25) is 0 Å². The van der Waals surface area contributed by atoms with Crippen molar-refractivity contribution in [2.75, 3.05) is 0 Å². The topological polar surface area (TPSA) is 0 Å². The van der Waals surface area contributed by atoms with E-state index in [4.69, 9.17) is 0 Å². The van der Waals surface area contributed by atoms with Gasteiger partial charge in [-0.15, -0.1) is 0 Å². The normalized spacial score (nSPS) is 10.9. The molecule has 0 spiro atoms. The molecule has 4 aromatic rings. The molecule has 0 aromatic heterocycles. The SMILES string of the molecule is CCCc1ccc(-c2ccc(-c3ccc(CCc4ccc(C)cc4)cc3)c(F)c2)cc1. The van der Waals surface area contributed by atoms with Gasteiger partial charge in [-0.05, 0) is 65.6 Å². The Bertz CT molecular complexity index is 1120. The molecule has 0 saturated heterocycles. The summed E-state index contributed by atoms with van der Waals surface area (Å²) in [5.74, 6) is -0.178. The van der Waals surface area contributed by atoms with Crippen LogP contribution in [-0.4, -0.2) is 0 Å². The van der Waals surface area contributed by atoms with Crippen molar-refractivity contribution in [2.24, 2.45) is 0 Å². The number of aryl methyl sites for hydroxylation is 4. The van der Waals surface area contributed by atoms with Crippen LogP contribution in [0.5, 0.6) is 0 Å². The molecular weight excluding hydrogens is 379 g/mol. The molecule has 0 atom stereocenters. The van der Waals surface area contributed by atoms with Gasteiger partial charge >= 0.3 is 0 Å². The number of halogens is 1. The molecule has 4 rings (SSSR count). The Labute approximate surface area is 185 Å². The molecule has 0 bridgehead atoms. The molecule has 1 heteroatoms. The summed E-state index contributed by atoms with van der Waals surface area (Å²) in [6.07, 6.45) is 4.21. The highest BCUT2D eigenvalue weighted by Gasteiger charge is 2.08. The maximum atomic E-state index is 14.9. The minimum absolute atomic E-state index is 0.178. The molecule has 0 nitrogen and oxygen atoms in total. The van der Waals surface area contributed by atoms with Crippen molar-refractivity contribution in [3.05, 3.63) is 119 Å². The van der Waals surface area contributed by atoms with Crippen molar-refractivity contribution < 1.29 is 4.39 Å². The molecule has 0 aliphatic heterocycles. The molecule has 0 saturated carbocycles. The first-order valence-electron chi connectivity index (χ1n) is 11.2. The van der Waals surface area contributed by atoms with E-state index >= 15 is 0 Å². The first-order valence-corrected chi connectivity index (χ1v) is 11.2. The second-order valence-electron chi connectivity index (χ2n) is 8.32. The van der Waals surface area contributed by atoms with Crippen LogP contribution in [0.25, 0.3) is 22.3 Å². The summed E-state index contributed by atoms with van der Waals surface area (Å²) in [5, 5.41) is 0. The molecule has 0 radical (unpaired) electrons. The molecule has 0 unspecified atom stereocenters. The maximum Gasteiger partial charge on any atom is 0.131 e. The van der Waals surface area contributed by atoms with E-state index in [1.807, 2.05) is 24.3 Å². The summed E-state index contributed by atoms with van der Waals surface area (Å²) in [5.41, 5.74) is 8.77. The van der Waals surface area contributed by atoms with Crippen molar-refractivity contribution in [3.63, 3.8) is 0 Å². The molecule has 0 heterocycles. The Morgan fingerprint density at radius 1 is 0.548 bits per heavy atom. The lowest BCUT2D eigenvalue weighted by Crippen LogP contribution is -1.92. The van der Waals surface area contributed by atoms with E-state index in [1.165, 1.54) is 22.3 Å². The van der Waals surface area contributed by atoms with Crippen LogP contribution >= 0.6 is 0 Å². The van der Waals surface area contributed by atoms with E-state index in [0.717, 1.165) is 42.4 Å². The van der Waals surface area contributed by atoms with Gasteiger partial charge in [-0.2, -0.15) is 0 Å². The summed E-state index contributed by atoms with van der Waals surface area (Å²) >= 11 is 0. The molecule has 156 valence electrons. The van der Waals surface area contributed by atoms with Crippen LogP contribution in [0.4, 0.5) is 4.39 Å². The fourth-order valence-corrected chi connectivity index (χ4v) is 3.98. The van der Waals surface area contributed by atoms with Crippen LogP contribution in [0, 0.1) is 12.7 Å². The number of benzene rings is 4. The largest absolute Gasteiger partial charge is 0.206 e. The van der Waals surface area contributed by atoms with Gasteiger partial charge in [0, 0.05) is 5.56 Å². The van der Waals surface area contributed by atoms with Crippen LogP contribution < -0.4 is 0 Å². The molecular formula is C30H29F. The van der Waals surface area contributed by atoms with E-state index in [0.29, 0.717) is 5.56 Å². The maximum absolute atomic E-state index is 14.9. The molecule has 0 amide bonds. The van der Waals surface area contributed by atoms with Gasteiger partial charge in [-0.25, -0.2) is 4.39 Å². The average Bonchev–Trinajstić information content (AvgIpc) is 2.80. The molecule has 31 heavy (non-hydrogen) atoms. The third-order valence-electron chi connectivity index (χ3n) is 5.88. The lowest BCUT2D eigenvalue weighted by Gasteiger charge is -2.09. The van der Waals surface area contributed by atoms with Crippen LogP contribution in [0.15, 0.2) is 91.0 Å². The van der Waals surface area contributed by atoms with Gasteiger partial charge in [0.05, 0.1) is 0 Å². The van der Waals surface area contributed by atoms with Crippen molar-refractivity contribution in [2.45, 2.75) is 39.5 Å². The lowest BCUT2D eigenvalue weighted by molar-refractivity contribution is 0.632. The summed E-state index contributed by atoms with van der Waals surface area (Å²) in [6, 6.07) is 31.0. The highest BCUT2D eigenvalue weighted by molar-refractivity contribution is 5.71. The lowest BCUT2D eigenvalue weighted by atomic mass is 9.97. The van der Waals surface area contributed by atoms with Crippen molar-refractivity contribution in [1.29, 1.82) is 0 Å². The highest BCUT2D eigenvalue weighted by Crippen LogP contribution is 2.29. The highest BCUT2D eigenvalue weighted by atomic mass is 19.1. The Morgan fingerprint density at radius 2 is 1.03 bits per heavy atom. The zero-order chi connectivity index (χ0) is 21.6. The van der Waals surface area contributed by atoms with Crippen molar-refractivity contribution >= 4 is 0 Å². The van der Waals surface area contributed by atoms with Gasteiger partial charge in [0.2, 0.25) is 0 Å². The minimum atomic E-state index is -0.178. The van der Waals surface area contributed by atoms with Gasteiger partial charge in [-0.1, -0.05) is 104 Å². The zero-order valence-electron chi connectivity index (χ0n) is 18.4. The number of rotatable bonds is 7. The van der Waals surface area contributed by atoms with Crippen molar-refractivity contribution in [3.8, 4) is 22.3 Å². The van der Waals surface area contributed by atoms with Gasteiger partial charge < -0.3 is 0 Å². The van der Waals surface area contributed by atoms with Crippen LogP contribution in [0.1, 0.15) is 35.6 Å². The van der Waals surface area contributed by atoms with Gasteiger partial charge in [-0.3, -0.25) is 0 Å². The van der Waals surface area contributed by atoms with Gasteiger partial charge in [0.15, 0.2) is 0 Å². The monoisotopic (exact) mass is 408 g/mol. The zero-order valence-corrected chi connectivity index (χ0v) is 18.4. The molecule has 0 aliphatic rings. The summed E-state index contributed by atoms with van der Waals surface area (Å²) < 4.78 is 14.9. The summed E-state index contributed by atoms with van der Waals surface area (Å²) in [7, 11) is 0. The Hall–Kier alpha value is -3.19. The van der Waals surface area contributed by atoms with Crippen LogP contribution in [0.3, 0.4) is 0 Å². The molecule has 0 N–H and O–H groups in total. The third kappa shape index (κ3) is 5.30. The number of hydrogen-bond donors (Lipinski definition) is 0. The second kappa shape index (κ2) is 9.75. The van der Waals surface area contributed by atoms with E-state index in [-0.39, 0.29) is 5.82 Å². The van der Waals surface area contributed by atoms with Gasteiger partial charge in [0.25, 0.3) is 0 Å². The second-order valence-corrected chi connectivity index (χ2v) is 8.32. The average molecular weight is 409 g/mol. The van der Waals surface area contributed by atoms with E-state index in [1.54, 1.807) is 6.07 Å². The summed E-state index contributed by atoms with van der Waals surface area (Å²) in [4.78, 5) is 0. The fraction of sp³-hybridized carbons (Fsp3) is 0.200. The summed E-state index contributed by atoms with van der Waals surface area (Å²) in [6.45, 7) is 4.29. The van der Waals surface area contributed by atoms with E-state index < -0.39 is 0 Å². The third-order valence-corrected chi connectivity index (χ3v) is 5.88. The standard InChI is InChI=1S/C30H29F/c1-3-4-23-11-15-26(16-12-23)28-19-20-29(30(31)21-28)27-17-13-25(14-18-27)10-9-24-7-5-22(2)6-8-24/h5-8,11-21H,3-4,9-10H2,1-2H3. The molecule has 0 aliphatic carbocycles.